The van der Waals surface area contributed by atoms with Crippen LogP contribution in [0.25, 0.3) is 0 Å². The van der Waals surface area contributed by atoms with Crippen LogP contribution in [0.4, 0.5) is 13.2 Å². The number of halogens is 4. The van der Waals surface area contributed by atoms with Crippen molar-refractivity contribution in [2.75, 3.05) is 19.8 Å². The minimum atomic E-state index is -4.35. The van der Waals surface area contributed by atoms with Gasteiger partial charge in [0.2, 0.25) is 0 Å². The monoisotopic (exact) mass is 268 g/mol. The lowest BCUT2D eigenvalue weighted by molar-refractivity contribution is -0.175. The van der Waals surface area contributed by atoms with Crippen molar-refractivity contribution in [3.63, 3.8) is 0 Å². The van der Waals surface area contributed by atoms with Crippen LogP contribution in [0.3, 0.4) is 0 Å². The highest BCUT2D eigenvalue weighted by Gasteiger charge is 2.28. The zero-order valence-corrected chi connectivity index (χ0v) is 9.63. The van der Waals surface area contributed by atoms with Gasteiger partial charge in [0.15, 0.2) is 0 Å². The Kier molecular flexibility index (Phi) is 5.24. The summed E-state index contributed by atoms with van der Waals surface area (Å²) in [6.07, 6.45) is -4.35. The maximum absolute atomic E-state index is 11.9. The molecule has 96 valence electrons. The topological polar surface area (TPSA) is 29.5 Å². The van der Waals surface area contributed by atoms with Crippen molar-refractivity contribution >= 4 is 11.6 Å². The van der Waals surface area contributed by atoms with E-state index in [-0.39, 0.29) is 13.2 Å². The zero-order chi connectivity index (χ0) is 12.9. The van der Waals surface area contributed by atoms with Crippen LogP contribution in [-0.4, -0.2) is 31.1 Å². The lowest BCUT2D eigenvalue weighted by Crippen LogP contribution is -2.21. The number of alkyl halides is 3. The van der Waals surface area contributed by atoms with Gasteiger partial charge < -0.3 is 9.84 Å². The van der Waals surface area contributed by atoms with Crippen LogP contribution in [0, 0.1) is 0 Å². The molecule has 0 aliphatic carbocycles. The van der Waals surface area contributed by atoms with Gasteiger partial charge in [0.25, 0.3) is 0 Å². The van der Waals surface area contributed by atoms with Gasteiger partial charge in [-0.05, 0) is 17.7 Å². The molecule has 1 rings (SSSR count). The van der Waals surface area contributed by atoms with Gasteiger partial charge in [-0.25, -0.2) is 0 Å². The Morgan fingerprint density at radius 3 is 2.29 bits per heavy atom. The predicted molar refractivity (Wildman–Crippen MR) is 58.2 cm³/mol. The van der Waals surface area contributed by atoms with Gasteiger partial charge in [-0.15, -0.1) is 0 Å². The number of hydrogen-bond acceptors (Lipinski definition) is 2. The van der Waals surface area contributed by atoms with Crippen LogP contribution < -0.4 is 0 Å². The molecule has 1 atom stereocenters. The van der Waals surface area contributed by atoms with Crippen LogP contribution in [0.2, 0.25) is 5.02 Å². The number of ether oxygens (including phenoxy) is 1. The first-order chi connectivity index (χ1) is 7.92. The van der Waals surface area contributed by atoms with Gasteiger partial charge in [0.05, 0.1) is 13.2 Å². The Morgan fingerprint density at radius 2 is 1.82 bits per heavy atom. The minimum absolute atomic E-state index is 0.183. The van der Waals surface area contributed by atoms with E-state index in [1.807, 2.05) is 0 Å². The fraction of sp³-hybridized carbons (Fsp3) is 0.455. The average Bonchev–Trinajstić information content (AvgIpc) is 2.24. The molecule has 0 heterocycles. The van der Waals surface area contributed by atoms with Crippen LogP contribution >= 0.6 is 11.6 Å². The van der Waals surface area contributed by atoms with Crippen LogP contribution in [-0.2, 0) is 4.74 Å². The third-order valence-electron chi connectivity index (χ3n) is 2.15. The molecule has 17 heavy (non-hydrogen) atoms. The molecule has 2 nitrogen and oxygen atoms in total. The van der Waals surface area contributed by atoms with Gasteiger partial charge >= 0.3 is 6.18 Å². The molecule has 0 aromatic heterocycles. The summed E-state index contributed by atoms with van der Waals surface area (Å²) < 4.78 is 40.1. The van der Waals surface area contributed by atoms with Crippen molar-refractivity contribution in [3.8, 4) is 0 Å². The lowest BCUT2D eigenvalue weighted by atomic mass is 10.0. The summed E-state index contributed by atoms with van der Waals surface area (Å²) in [5.74, 6) is -0.477. The molecule has 0 fully saturated rings. The van der Waals surface area contributed by atoms with Crippen molar-refractivity contribution in [3.05, 3.63) is 34.9 Å². The molecule has 0 radical (unpaired) electrons. The Bertz CT molecular complexity index is 338. The van der Waals surface area contributed by atoms with E-state index in [1.54, 1.807) is 24.3 Å². The molecule has 6 heteroatoms. The molecule has 1 unspecified atom stereocenters. The highest BCUT2D eigenvalue weighted by atomic mass is 35.5. The van der Waals surface area contributed by atoms with Gasteiger partial charge in [0, 0.05) is 10.9 Å². The molecule has 0 amide bonds. The van der Waals surface area contributed by atoms with E-state index in [0.717, 1.165) is 0 Å². The Balaban J connectivity index is 2.51. The van der Waals surface area contributed by atoms with Crippen LogP contribution in [0.15, 0.2) is 24.3 Å². The van der Waals surface area contributed by atoms with Crippen LogP contribution in [0.1, 0.15) is 11.5 Å². The quantitative estimate of drug-likeness (QED) is 0.890. The van der Waals surface area contributed by atoms with E-state index >= 15 is 0 Å². The van der Waals surface area contributed by atoms with E-state index < -0.39 is 18.7 Å². The van der Waals surface area contributed by atoms with Gasteiger partial charge in [-0.1, -0.05) is 23.7 Å². The van der Waals surface area contributed by atoms with E-state index in [1.165, 1.54) is 0 Å². The zero-order valence-electron chi connectivity index (χ0n) is 8.88. The molecule has 0 aliphatic heterocycles. The number of rotatable bonds is 5. The largest absolute Gasteiger partial charge is 0.411 e. The van der Waals surface area contributed by atoms with Crippen molar-refractivity contribution in [1.29, 1.82) is 0 Å². The SMILES string of the molecule is OCC(COCC(F)(F)F)c1ccc(Cl)cc1. The minimum Gasteiger partial charge on any atom is -0.396 e. The second kappa shape index (κ2) is 6.23. The highest BCUT2D eigenvalue weighted by Crippen LogP contribution is 2.20. The van der Waals surface area contributed by atoms with Gasteiger partial charge in [-0.3, -0.25) is 0 Å². The van der Waals surface area contributed by atoms with E-state index in [9.17, 15) is 13.2 Å². The molecule has 0 spiro atoms. The second-order valence-corrected chi connectivity index (χ2v) is 4.00. The first-order valence-corrected chi connectivity index (χ1v) is 5.31. The molecule has 1 aromatic carbocycles. The Hall–Kier alpha value is -0.780. The van der Waals surface area contributed by atoms with Gasteiger partial charge in [-0.2, -0.15) is 13.2 Å². The number of aliphatic hydroxyl groups excluding tert-OH is 1. The van der Waals surface area contributed by atoms with Crippen molar-refractivity contribution in [2.24, 2.45) is 0 Å². The third kappa shape index (κ3) is 5.39. The molecule has 0 aliphatic rings. The summed E-state index contributed by atoms with van der Waals surface area (Å²) >= 11 is 5.68. The van der Waals surface area contributed by atoms with E-state index in [0.29, 0.717) is 10.6 Å². The van der Waals surface area contributed by atoms with Crippen LogP contribution in [0.5, 0.6) is 0 Å². The Labute approximate surface area is 102 Å². The van der Waals surface area contributed by atoms with E-state index in [2.05, 4.69) is 4.74 Å². The molecule has 1 aromatic rings. The smallest absolute Gasteiger partial charge is 0.396 e. The number of hydrogen-bond donors (Lipinski definition) is 1. The summed E-state index contributed by atoms with van der Waals surface area (Å²) in [6, 6.07) is 6.53. The molecular weight excluding hydrogens is 257 g/mol. The summed E-state index contributed by atoms with van der Waals surface area (Å²) in [5, 5.41) is 9.61. The molecule has 1 N–H and O–H groups in total. The fourth-order valence-corrected chi connectivity index (χ4v) is 1.43. The van der Waals surface area contributed by atoms with Crippen molar-refractivity contribution < 1.29 is 23.0 Å². The summed E-state index contributed by atoms with van der Waals surface area (Å²) in [6.45, 7) is -1.77. The highest BCUT2D eigenvalue weighted by molar-refractivity contribution is 6.30. The fourth-order valence-electron chi connectivity index (χ4n) is 1.31. The molecular formula is C11H12ClF3O2. The third-order valence-corrected chi connectivity index (χ3v) is 2.40. The average molecular weight is 269 g/mol. The Morgan fingerprint density at radius 1 is 1.24 bits per heavy atom. The summed E-state index contributed by atoms with van der Waals surface area (Å²) in [5.41, 5.74) is 0.694. The van der Waals surface area contributed by atoms with Crippen molar-refractivity contribution in [1.82, 2.24) is 0 Å². The number of aliphatic hydroxyl groups is 1. The van der Waals surface area contributed by atoms with E-state index in [4.69, 9.17) is 16.7 Å². The summed E-state index contributed by atoms with van der Waals surface area (Å²) in [7, 11) is 0. The summed E-state index contributed by atoms with van der Waals surface area (Å²) in [4.78, 5) is 0. The maximum Gasteiger partial charge on any atom is 0.411 e. The maximum atomic E-state index is 11.9. The number of benzene rings is 1. The molecule has 0 saturated carbocycles. The van der Waals surface area contributed by atoms with Gasteiger partial charge in [0.1, 0.15) is 6.61 Å². The predicted octanol–water partition coefficient (Wildman–Crippen LogP) is 2.99. The standard InChI is InChI=1S/C11H12ClF3O2/c12-10-3-1-8(2-4-10)9(5-16)6-17-7-11(13,14)15/h1-4,9,16H,5-7H2. The second-order valence-electron chi connectivity index (χ2n) is 3.56. The normalized spacial score (nSPS) is 13.7. The first-order valence-electron chi connectivity index (χ1n) is 4.93. The molecule has 0 bridgehead atoms. The molecule has 0 saturated heterocycles. The van der Waals surface area contributed by atoms with Crippen molar-refractivity contribution in [2.45, 2.75) is 12.1 Å². The lowest BCUT2D eigenvalue weighted by Gasteiger charge is -2.15. The first kappa shape index (κ1) is 14.3.